The Morgan fingerprint density at radius 1 is 1.56 bits per heavy atom. The first kappa shape index (κ1) is 13.6. The molecular weight excluding hydrogens is 248 g/mol. The lowest BCUT2D eigenvalue weighted by Gasteiger charge is -2.10. The quantitative estimate of drug-likeness (QED) is 0.792. The first-order valence-electron chi connectivity index (χ1n) is 4.77. The maximum Gasteiger partial charge on any atom is 0.271 e. The van der Waals surface area contributed by atoms with E-state index in [2.05, 4.69) is 12.2 Å². The van der Waals surface area contributed by atoms with Gasteiger partial charge in [-0.15, -0.1) is 0 Å². The molecule has 0 aliphatic carbocycles. The Balaban J connectivity index is 2.53. The van der Waals surface area contributed by atoms with Crippen LogP contribution in [0.5, 0.6) is 0 Å². The first-order chi connectivity index (χ1) is 7.43. The van der Waals surface area contributed by atoms with Gasteiger partial charge >= 0.3 is 0 Å². The lowest BCUT2D eigenvalue weighted by molar-refractivity contribution is 0.396. The van der Waals surface area contributed by atoms with Gasteiger partial charge in [0.15, 0.2) is 0 Å². The maximum absolute atomic E-state index is 10.9. The highest BCUT2D eigenvalue weighted by Gasteiger charge is 2.13. The summed E-state index contributed by atoms with van der Waals surface area (Å²) in [4.78, 5) is 0. The van der Waals surface area contributed by atoms with Crippen LogP contribution in [-0.2, 0) is 16.6 Å². The Morgan fingerprint density at radius 3 is 2.75 bits per heavy atom. The summed E-state index contributed by atoms with van der Waals surface area (Å²) < 4.78 is 27.0. The summed E-state index contributed by atoms with van der Waals surface area (Å²) in [6.45, 7) is 2.55. The van der Waals surface area contributed by atoms with Gasteiger partial charge < -0.3 is 9.73 Å². The van der Waals surface area contributed by atoms with E-state index in [-0.39, 0.29) is 5.09 Å². The molecule has 1 aromatic rings. The fourth-order valence-corrected chi connectivity index (χ4v) is 2.29. The van der Waals surface area contributed by atoms with E-state index in [1.807, 2.05) is 6.26 Å². The fraction of sp³-hybridized carbons (Fsp3) is 0.556. The average Bonchev–Trinajstić information content (AvgIpc) is 2.63. The van der Waals surface area contributed by atoms with Crippen molar-refractivity contribution in [3.8, 4) is 0 Å². The smallest absolute Gasteiger partial charge is 0.271 e. The van der Waals surface area contributed by atoms with Crippen LogP contribution in [0, 0.1) is 0 Å². The van der Waals surface area contributed by atoms with E-state index in [1.54, 1.807) is 17.8 Å². The third-order valence-corrected chi connectivity index (χ3v) is 3.57. The molecule has 0 radical (unpaired) electrons. The minimum Gasteiger partial charge on any atom is -0.447 e. The molecule has 16 heavy (non-hydrogen) atoms. The molecule has 0 aliphatic rings. The van der Waals surface area contributed by atoms with Gasteiger partial charge in [0.2, 0.25) is 5.09 Å². The second kappa shape index (κ2) is 5.72. The van der Waals surface area contributed by atoms with E-state index >= 15 is 0 Å². The summed E-state index contributed by atoms with van der Waals surface area (Å²) >= 11 is 1.75. The first-order valence-corrected chi connectivity index (χ1v) is 7.71. The predicted octanol–water partition coefficient (Wildman–Crippen LogP) is 0.768. The van der Waals surface area contributed by atoms with Gasteiger partial charge in [-0.3, -0.25) is 0 Å². The summed E-state index contributed by atoms with van der Waals surface area (Å²) in [5.74, 6) is 1.56. The third kappa shape index (κ3) is 4.17. The van der Waals surface area contributed by atoms with Crippen molar-refractivity contribution >= 4 is 21.8 Å². The van der Waals surface area contributed by atoms with Crippen LogP contribution in [0.1, 0.15) is 12.7 Å². The molecule has 0 saturated heterocycles. The van der Waals surface area contributed by atoms with Crippen LogP contribution in [-0.4, -0.2) is 26.5 Å². The number of hydrogen-bond donors (Lipinski definition) is 2. The summed E-state index contributed by atoms with van der Waals surface area (Å²) in [7, 11) is -3.73. The van der Waals surface area contributed by atoms with E-state index in [0.717, 1.165) is 5.75 Å². The highest BCUT2D eigenvalue weighted by molar-refractivity contribution is 7.98. The topological polar surface area (TPSA) is 85.3 Å². The Bertz CT molecular complexity index is 428. The largest absolute Gasteiger partial charge is 0.447 e. The molecular formula is C9H16N2O3S2. The number of nitrogens with one attached hydrogen (secondary N) is 1. The van der Waals surface area contributed by atoms with Crippen LogP contribution in [0.2, 0.25) is 0 Å². The van der Waals surface area contributed by atoms with Gasteiger partial charge in [0.05, 0.1) is 6.54 Å². The molecule has 1 aromatic heterocycles. The van der Waals surface area contributed by atoms with Crippen molar-refractivity contribution < 1.29 is 12.8 Å². The van der Waals surface area contributed by atoms with E-state index in [9.17, 15) is 8.42 Å². The lowest BCUT2D eigenvalue weighted by atomic mass is 10.3. The molecule has 1 atom stereocenters. The molecule has 1 heterocycles. The van der Waals surface area contributed by atoms with E-state index in [4.69, 9.17) is 9.56 Å². The van der Waals surface area contributed by atoms with Crippen LogP contribution >= 0.6 is 11.8 Å². The number of thioether (sulfide) groups is 1. The van der Waals surface area contributed by atoms with Crippen molar-refractivity contribution in [3.63, 3.8) is 0 Å². The molecule has 0 aromatic carbocycles. The minimum absolute atomic E-state index is 0.193. The molecule has 0 saturated carbocycles. The van der Waals surface area contributed by atoms with Gasteiger partial charge in [-0.25, -0.2) is 13.6 Å². The molecule has 5 nitrogen and oxygen atoms in total. The molecule has 0 bridgehead atoms. The molecule has 0 spiro atoms. The van der Waals surface area contributed by atoms with Crippen LogP contribution in [0.3, 0.4) is 0 Å². The Kier molecular flexibility index (Phi) is 4.85. The average molecular weight is 264 g/mol. The van der Waals surface area contributed by atoms with E-state index < -0.39 is 10.0 Å². The number of primary sulfonamides is 1. The summed E-state index contributed by atoms with van der Waals surface area (Å²) in [5, 5.41) is 7.95. The Hall–Kier alpha value is -0.500. The standard InChI is InChI=1S/C9H16N2O3S2/c1-7(6-15-2)11-5-8-3-4-9(14-8)16(10,12)13/h3-4,7,11H,5-6H2,1-2H3,(H2,10,12,13). The number of furan rings is 1. The second-order valence-electron chi connectivity index (χ2n) is 3.50. The van der Waals surface area contributed by atoms with Gasteiger partial charge in [0.1, 0.15) is 5.76 Å². The van der Waals surface area contributed by atoms with Crippen molar-refractivity contribution in [1.82, 2.24) is 5.32 Å². The zero-order valence-electron chi connectivity index (χ0n) is 9.26. The highest BCUT2D eigenvalue weighted by atomic mass is 32.2. The summed E-state index contributed by atoms with van der Waals surface area (Å²) in [6, 6.07) is 3.32. The SMILES string of the molecule is CSCC(C)NCc1ccc(S(N)(=O)=O)o1. The molecule has 92 valence electrons. The molecule has 1 unspecified atom stereocenters. The van der Waals surface area contributed by atoms with Gasteiger partial charge in [-0.1, -0.05) is 0 Å². The van der Waals surface area contributed by atoms with Crippen molar-refractivity contribution in [1.29, 1.82) is 0 Å². The Morgan fingerprint density at radius 2 is 2.25 bits per heavy atom. The van der Waals surface area contributed by atoms with Gasteiger partial charge in [-0.2, -0.15) is 11.8 Å². The lowest BCUT2D eigenvalue weighted by Crippen LogP contribution is -2.27. The summed E-state index contributed by atoms with van der Waals surface area (Å²) in [5.41, 5.74) is 0. The number of rotatable bonds is 6. The van der Waals surface area contributed by atoms with Crippen LogP contribution < -0.4 is 10.5 Å². The number of sulfonamides is 1. The van der Waals surface area contributed by atoms with Crippen LogP contribution in [0.4, 0.5) is 0 Å². The minimum atomic E-state index is -3.73. The summed E-state index contributed by atoms with van der Waals surface area (Å²) in [6.07, 6.45) is 2.03. The molecule has 0 aliphatic heterocycles. The molecule has 0 fully saturated rings. The number of nitrogens with two attached hydrogens (primary N) is 1. The number of hydrogen-bond acceptors (Lipinski definition) is 5. The van der Waals surface area contributed by atoms with Gasteiger partial charge in [-0.05, 0) is 25.3 Å². The van der Waals surface area contributed by atoms with Crippen LogP contribution in [0.25, 0.3) is 0 Å². The fourth-order valence-electron chi connectivity index (χ4n) is 1.19. The maximum atomic E-state index is 10.9. The monoisotopic (exact) mass is 264 g/mol. The van der Waals surface area contributed by atoms with E-state index in [1.165, 1.54) is 6.07 Å². The van der Waals surface area contributed by atoms with Crippen LogP contribution in [0.15, 0.2) is 21.6 Å². The molecule has 1 rings (SSSR count). The predicted molar refractivity (Wildman–Crippen MR) is 64.8 cm³/mol. The molecule has 3 N–H and O–H groups in total. The Labute approximate surface area is 99.8 Å². The zero-order valence-corrected chi connectivity index (χ0v) is 10.9. The van der Waals surface area contributed by atoms with Crippen molar-refractivity contribution in [2.24, 2.45) is 5.14 Å². The van der Waals surface area contributed by atoms with Crippen molar-refractivity contribution in [3.05, 3.63) is 17.9 Å². The van der Waals surface area contributed by atoms with E-state index in [0.29, 0.717) is 18.3 Å². The third-order valence-electron chi connectivity index (χ3n) is 1.96. The van der Waals surface area contributed by atoms with Crippen molar-refractivity contribution in [2.75, 3.05) is 12.0 Å². The van der Waals surface area contributed by atoms with Gasteiger partial charge in [0, 0.05) is 11.8 Å². The highest BCUT2D eigenvalue weighted by Crippen LogP contribution is 2.12. The molecule has 7 heteroatoms. The van der Waals surface area contributed by atoms with Gasteiger partial charge in [0.25, 0.3) is 10.0 Å². The molecule has 0 amide bonds. The second-order valence-corrected chi connectivity index (χ2v) is 5.91. The zero-order chi connectivity index (χ0) is 12.2. The van der Waals surface area contributed by atoms with Crippen molar-refractivity contribution in [2.45, 2.75) is 24.6 Å². The normalized spacial score (nSPS) is 13.9.